The summed E-state index contributed by atoms with van der Waals surface area (Å²) >= 11 is 0. The molecule has 0 aromatic carbocycles. The van der Waals surface area contributed by atoms with Gasteiger partial charge in [0.1, 0.15) is 5.82 Å². The molecule has 0 aliphatic carbocycles. The number of amides is 1. The average molecular weight is 270 g/mol. The van der Waals surface area contributed by atoms with Crippen LogP contribution < -0.4 is 5.32 Å². The molecule has 5 heteroatoms. The van der Waals surface area contributed by atoms with E-state index in [-0.39, 0.29) is 11.9 Å². The van der Waals surface area contributed by atoms with Crippen molar-refractivity contribution in [2.45, 2.75) is 26.3 Å². The summed E-state index contributed by atoms with van der Waals surface area (Å²) in [5, 5.41) is 7.06. The summed E-state index contributed by atoms with van der Waals surface area (Å²) in [5.41, 5.74) is 0.887. The second-order valence-corrected chi connectivity index (χ2v) is 4.53. The monoisotopic (exact) mass is 270 g/mol. The maximum absolute atomic E-state index is 11.9. The molecule has 2 rings (SSSR count). The molecule has 2 aromatic heterocycles. The van der Waals surface area contributed by atoms with Gasteiger partial charge in [0.15, 0.2) is 0 Å². The van der Waals surface area contributed by atoms with E-state index in [1.165, 1.54) is 6.08 Å². The van der Waals surface area contributed by atoms with E-state index in [9.17, 15) is 4.79 Å². The minimum absolute atomic E-state index is 0.182. The fourth-order valence-electron chi connectivity index (χ4n) is 1.75. The van der Waals surface area contributed by atoms with Crippen molar-refractivity contribution in [3.05, 3.63) is 48.4 Å². The van der Waals surface area contributed by atoms with Crippen molar-refractivity contribution >= 4 is 17.8 Å². The summed E-state index contributed by atoms with van der Waals surface area (Å²) in [5.74, 6) is 0.527. The van der Waals surface area contributed by atoms with Crippen LogP contribution in [0.1, 0.15) is 31.9 Å². The van der Waals surface area contributed by atoms with Crippen LogP contribution in [-0.2, 0) is 4.79 Å². The van der Waals surface area contributed by atoms with Gasteiger partial charge in [-0.05, 0) is 31.1 Å². The molecule has 1 unspecified atom stereocenters. The van der Waals surface area contributed by atoms with Crippen LogP contribution in [0.2, 0.25) is 0 Å². The molecule has 20 heavy (non-hydrogen) atoms. The van der Waals surface area contributed by atoms with E-state index in [2.05, 4.69) is 29.2 Å². The Kier molecular flexibility index (Phi) is 4.65. The number of carbonyl (C=O) groups excluding carboxylic acids is 1. The van der Waals surface area contributed by atoms with Crippen LogP contribution in [0.3, 0.4) is 0 Å². The summed E-state index contributed by atoms with van der Waals surface area (Å²) < 4.78 is 1.82. The van der Waals surface area contributed by atoms with E-state index >= 15 is 0 Å². The van der Waals surface area contributed by atoms with Gasteiger partial charge < -0.3 is 5.32 Å². The first-order chi connectivity index (χ1) is 9.70. The zero-order chi connectivity index (χ0) is 14.4. The normalized spacial score (nSPS) is 12.5. The molecule has 0 saturated heterocycles. The van der Waals surface area contributed by atoms with Gasteiger partial charge in [0.25, 0.3) is 0 Å². The molecule has 0 aliphatic rings. The van der Waals surface area contributed by atoms with Crippen molar-refractivity contribution in [1.82, 2.24) is 14.8 Å². The summed E-state index contributed by atoms with van der Waals surface area (Å²) in [6.45, 7) is 4.15. The van der Waals surface area contributed by atoms with E-state index < -0.39 is 0 Å². The van der Waals surface area contributed by atoms with E-state index in [1.807, 2.05) is 16.8 Å². The third-order valence-electron chi connectivity index (χ3n) is 3.04. The minimum atomic E-state index is -0.182. The van der Waals surface area contributed by atoms with E-state index in [4.69, 9.17) is 0 Å². The number of anilines is 1. The van der Waals surface area contributed by atoms with Crippen LogP contribution in [0.4, 0.5) is 5.82 Å². The standard InChI is InChI=1S/C15H18N4O/c1-3-12(2)19-14(8-10-17-19)18-15(20)7-6-13-5-4-9-16-11-13/h4-12H,3H2,1-2H3,(H,18,20)/b7-6+. The van der Waals surface area contributed by atoms with Gasteiger partial charge in [-0.15, -0.1) is 0 Å². The minimum Gasteiger partial charge on any atom is -0.307 e. The quantitative estimate of drug-likeness (QED) is 0.850. The fourth-order valence-corrected chi connectivity index (χ4v) is 1.75. The van der Waals surface area contributed by atoms with Crippen LogP contribution in [0, 0.1) is 0 Å². The molecule has 2 heterocycles. The summed E-state index contributed by atoms with van der Waals surface area (Å²) in [6.07, 6.45) is 9.26. The summed E-state index contributed by atoms with van der Waals surface area (Å²) in [4.78, 5) is 15.9. The van der Waals surface area contributed by atoms with Crippen LogP contribution in [0.5, 0.6) is 0 Å². The molecule has 5 nitrogen and oxygen atoms in total. The lowest BCUT2D eigenvalue weighted by molar-refractivity contribution is -0.111. The first-order valence-corrected chi connectivity index (χ1v) is 6.63. The maximum Gasteiger partial charge on any atom is 0.249 e. The predicted molar refractivity (Wildman–Crippen MR) is 79.1 cm³/mol. The molecule has 2 aromatic rings. The molecule has 1 atom stereocenters. The zero-order valence-electron chi connectivity index (χ0n) is 11.7. The Bertz CT molecular complexity index is 589. The van der Waals surface area contributed by atoms with Crippen molar-refractivity contribution in [2.24, 2.45) is 0 Å². The molecule has 104 valence electrons. The Labute approximate surface area is 118 Å². The van der Waals surface area contributed by atoms with Crippen molar-refractivity contribution in [2.75, 3.05) is 5.32 Å². The molecular formula is C15H18N4O. The fraction of sp³-hybridized carbons (Fsp3) is 0.267. The predicted octanol–water partition coefficient (Wildman–Crippen LogP) is 2.90. The van der Waals surface area contributed by atoms with Crippen molar-refractivity contribution in [1.29, 1.82) is 0 Å². The molecule has 0 bridgehead atoms. The number of nitrogens with zero attached hydrogens (tertiary/aromatic N) is 3. The molecular weight excluding hydrogens is 252 g/mol. The van der Waals surface area contributed by atoms with E-state index in [1.54, 1.807) is 30.7 Å². The summed E-state index contributed by atoms with van der Waals surface area (Å²) in [6, 6.07) is 5.76. The second-order valence-electron chi connectivity index (χ2n) is 4.53. The maximum atomic E-state index is 11.9. The second kappa shape index (κ2) is 6.65. The van der Waals surface area contributed by atoms with Crippen LogP contribution in [0.15, 0.2) is 42.9 Å². The molecule has 0 aliphatic heterocycles. The van der Waals surface area contributed by atoms with Gasteiger partial charge >= 0.3 is 0 Å². The van der Waals surface area contributed by atoms with Gasteiger partial charge in [-0.2, -0.15) is 5.10 Å². The van der Waals surface area contributed by atoms with Crippen molar-refractivity contribution in [3.8, 4) is 0 Å². The molecule has 1 N–H and O–H groups in total. The first-order valence-electron chi connectivity index (χ1n) is 6.63. The highest BCUT2D eigenvalue weighted by Gasteiger charge is 2.09. The third kappa shape index (κ3) is 3.54. The van der Waals surface area contributed by atoms with Crippen LogP contribution in [0.25, 0.3) is 6.08 Å². The first kappa shape index (κ1) is 14.0. The van der Waals surface area contributed by atoms with E-state index in [0.717, 1.165) is 12.0 Å². The average Bonchev–Trinajstić information content (AvgIpc) is 2.93. The van der Waals surface area contributed by atoms with Crippen molar-refractivity contribution in [3.63, 3.8) is 0 Å². The number of carbonyl (C=O) groups is 1. The highest BCUT2D eigenvalue weighted by molar-refractivity contribution is 6.01. The Morgan fingerprint density at radius 3 is 3.00 bits per heavy atom. The topological polar surface area (TPSA) is 59.8 Å². The highest BCUT2D eigenvalue weighted by atomic mass is 16.1. The van der Waals surface area contributed by atoms with Gasteiger partial charge in [0.2, 0.25) is 5.91 Å². The van der Waals surface area contributed by atoms with Gasteiger partial charge in [0.05, 0.1) is 12.2 Å². The van der Waals surface area contributed by atoms with Crippen LogP contribution in [-0.4, -0.2) is 20.7 Å². The number of nitrogens with one attached hydrogen (secondary N) is 1. The number of pyridine rings is 1. The smallest absolute Gasteiger partial charge is 0.249 e. The number of aromatic nitrogens is 3. The molecule has 1 amide bonds. The van der Waals surface area contributed by atoms with Crippen LogP contribution >= 0.6 is 0 Å². The van der Waals surface area contributed by atoms with Gasteiger partial charge in [0, 0.05) is 24.5 Å². The molecule has 0 saturated carbocycles. The summed E-state index contributed by atoms with van der Waals surface area (Å²) in [7, 11) is 0. The lowest BCUT2D eigenvalue weighted by Gasteiger charge is -2.13. The Morgan fingerprint density at radius 2 is 2.30 bits per heavy atom. The molecule has 0 radical (unpaired) electrons. The number of hydrogen-bond donors (Lipinski definition) is 1. The van der Waals surface area contributed by atoms with E-state index in [0.29, 0.717) is 5.82 Å². The Morgan fingerprint density at radius 1 is 1.45 bits per heavy atom. The highest BCUT2D eigenvalue weighted by Crippen LogP contribution is 2.16. The Balaban J connectivity index is 2.02. The largest absolute Gasteiger partial charge is 0.307 e. The van der Waals surface area contributed by atoms with Gasteiger partial charge in [-0.3, -0.25) is 9.78 Å². The lowest BCUT2D eigenvalue weighted by atomic mass is 10.2. The molecule has 0 spiro atoms. The lowest BCUT2D eigenvalue weighted by Crippen LogP contribution is -2.15. The third-order valence-corrected chi connectivity index (χ3v) is 3.04. The van der Waals surface area contributed by atoms with Crippen molar-refractivity contribution < 1.29 is 4.79 Å². The zero-order valence-corrected chi connectivity index (χ0v) is 11.7. The number of hydrogen-bond acceptors (Lipinski definition) is 3. The number of rotatable bonds is 5. The SMILES string of the molecule is CCC(C)n1nccc1NC(=O)/C=C/c1cccnc1. The Hall–Kier alpha value is -2.43. The molecule has 0 fully saturated rings. The van der Waals surface area contributed by atoms with Gasteiger partial charge in [-0.25, -0.2) is 4.68 Å². The van der Waals surface area contributed by atoms with Gasteiger partial charge in [-0.1, -0.05) is 13.0 Å².